The van der Waals surface area contributed by atoms with E-state index in [0.29, 0.717) is 5.76 Å². The minimum Gasteiger partial charge on any atom is -0.478 e. The molecule has 2 N–H and O–H groups in total. The maximum Gasteiger partial charge on any atom is 0.336 e. The Balaban J connectivity index is 0.000000400. The van der Waals surface area contributed by atoms with Gasteiger partial charge < -0.3 is 14.9 Å². The molecule has 0 aliphatic carbocycles. The fourth-order valence-electron chi connectivity index (χ4n) is 1.39. The maximum absolute atomic E-state index is 10.5. The van der Waals surface area contributed by atoms with Gasteiger partial charge in [-0.3, -0.25) is 4.79 Å². The second kappa shape index (κ2) is 9.30. The predicted molar refractivity (Wildman–Crippen MR) is 76.2 cm³/mol. The Morgan fingerprint density at radius 2 is 1.52 bits per heavy atom. The lowest BCUT2D eigenvalue weighted by Gasteiger charge is -2.00. The van der Waals surface area contributed by atoms with Crippen LogP contribution in [-0.4, -0.2) is 28.1 Å². The Bertz CT molecular complexity index is 500. The predicted octanol–water partition coefficient (Wildman–Crippen LogP) is 2.95. The zero-order valence-corrected chi connectivity index (χ0v) is 12.0. The normalized spacial score (nSPS) is 9.05. The Morgan fingerprint density at radius 3 is 1.81 bits per heavy atom. The summed E-state index contributed by atoms with van der Waals surface area (Å²) in [6.07, 6.45) is 1.73. The van der Waals surface area contributed by atoms with Gasteiger partial charge in [-0.2, -0.15) is 0 Å². The summed E-state index contributed by atoms with van der Waals surface area (Å²) in [5.41, 5.74) is -0.380. The molecule has 0 unspecified atom stereocenters. The lowest BCUT2D eigenvalue weighted by atomic mass is 10.1. The first kappa shape index (κ1) is 18.4. The van der Waals surface area contributed by atoms with Crippen molar-refractivity contribution >= 4 is 17.9 Å². The summed E-state index contributed by atoms with van der Waals surface area (Å²) in [7, 11) is 0. The van der Waals surface area contributed by atoms with Gasteiger partial charge >= 0.3 is 17.9 Å². The number of hydrogen-bond donors (Lipinski definition) is 2. The number of carbonyl (C=O) groups is 3. The molecule has 6 nitrogen and oxygen atoms in total. The number of ether oxygens (including phenoxy) is 1. The third kappa shape index (κ3) is 7.51. The molecule has 0 bridgehead atoms. The van der Waals surface area contributed by atoms with E-state index >= 15 is 0 Å². The minimum atomic E-state index is -1.23. The van der Waals surface area contributed by atoms with E-state index in [1.807, 2.05) is 6.92 Å². The molecule has 1 aromatic rings. The molecule has 114 valence electrons. The summed E-state index contributed by atoms with van der Waals surface area (Å²) in [5, 5.41) is 17.1. The topological polar surface area (TPSA) is 101 Å². The number of carbonyl (C=O) groups excluding carboxylic acids is 1. The van der Waals surface area contributed by atoms with Crippen molar-refractivity contribution in [1.82, 2.24) is 0 Å². The Morgan fingerprint density at radius 1 is 1.10 bits per heavy atom. The molecule has 0 saturated heterocycles. The summed E-state index contributed by atoms with van der Waals surface area (Å²) in [5.74, 6) is -2.18. The van der Waals surface area contributed by atoms with Crippen molar-refractivity contribution in [3.05, 3.63) is 47.7 Å². The van der Waals surface area contributed by atoms with E-state index in [0.717, 1.165) is 12.8 Å². The second-order valence-corrected chi connectivity index (χ2v) is 4.04. The van der Waals surface area contributed by atoms with Crippen LogP contribution in [0.2, 0.25) is 0 Å². The molecular formula is C15H18O6. The third-order valence-corrected chi connectivity index (χ3v) is 2.20. The molecule has 21 heavy (non-hydrogen) atoms. The van der Waals surface area contributed by atoms with Crippen LogP contribution in [0.1, 0.15) is 47.4 Å². The van der Waals surface area contributed by atoms with E-state index in [2.05, 4.69) is 11.3 Å². The van der Waals surface area contributed by atoms with Crippen LogP contribution in [0, 0.1) is 0 Å². The van der Waals surface area contributed by atoms with Crippen LogP contribution >= 0.6 is 0 Å². The van der Waals surface area contributed by atoms with E-state index in [1.165, 1.54) is 31.2 Å². The molecule has 0 heterocycles. The van der Waals surface area contributed by atoms with Crippen molar-refractivity contribution in [2.24, 2.45) is 0 Å². The first-order valence-corrected chi connectivity index (χ1v) is 6.21. The second-order valence-electron chi connectivity index (χ2n) is 4.04. The minimum absolute atomic E-state index is 0.190. The molecule has 0 atom stereocenters. The molecule has 6 heteroatoms. The molecule has 0 fully saturated rings. The fraction of sp³-hybridized carbons (Fsp3) is 0.267. The number of carboxylic acids is 2. The van der Waals surface area contributed by atoms with Gasteiger partial charge in [0.1, 0.15) is 5.76 Å². The highest BCUT2D eigenvalue weighted by atomic mass is 16.5. The van der Waals surface area contributed by atoms with Crippen LogP contribution in [0.3, 0.4) is 0 Å². The summed E-state index contributed by atoms with van der Waals surface area (Å²) in [4.78, 5) is 31.2. The molecule has 0 saturated carbocycles. The number of carboxylic acid groups (broad SMARTS) is 2. The standard InChI is InChI=1S/C8H6O4.C7H12O2/c9-7(10)5-3-1-2-4-6(5)8(11)12;1-4-5-6(2)9-7(3)8/h1-4H,(H,9,10)(H,11,12);2,4-5H2,1,3H3. The number of esters is 1. The third-order valence-electron chi connectivity index (χ3n) is 2.20. The van der Waals surface area contributed by atoms with E-state index < -0.39 is 11.9 Å². The fourth-order valence-corrected chi connectivity index (χ4v) is 1.39. The van der Waals surface area contributed by atoms with Gasteiger partial charge in [0.25, 0.3) is 0 Å². The number of hydrogen-bond acceptors (Lipinski definition) is 4. The molecule has 1 rings (SSSR count). The maximum atomic E-state index is 10.5. The van der Waals surface area contributed by atoms with Crippen LogP contribution in [-0.2, 0) is 9.53 Å². The molecule has 0 amide bonds. The first-order valence-electron chi connectivity index (χ1n) is 6.21. The lowest BCUT2D eigenvalue weighted by molar-refractivity contribution is -0.137. The highest BCUT2D eigenvalue weighted by Gasteiger charge is 2.13. The van der Waals surface area contributed by atoms with Crippen LogP contribution in [0.15, 0.2) is 36.6 Å². The SMILES string of the molecule is C=C(CCC)OC(C)=O.O=C(O)c1ccccc1C(=O)O. The van der Waals surface area contributed by atoms with Crippen LogP contribution in [0.25, 0.3) is 0 Å². The molecule has 0 aromatic heterocycles. The monoisotopic (exact) mass is 294 g/mol. The Kier molecular flexibility index (Phi) is 8.14. The summed E-state index contributed by atoms with van der Waals surface area (Å²) < 4.78 is 4.66. The van der Waals surface area contributed by atoms with Gasteiger partial charge in [-0.1, -0.05) is 25.6 Å². The van der Waals surface area contributed by atoms with E-state index in [9.17, 15) is 14.4 Å². The molecular weight excluding hydrogens is 276 g/mol. The average Bonchev–Trinajstić information content (AvgIpc) is 2.38. The van der Waals surface area contributed by atoms with E-state index in [-0.39, 0.29) is 17.1 Å². The smallest absolute Gasteiger partial charge is 0.336 e. The zero-order valence-electron chi connectivity index (χ0n) is 12.0. The van der Waals surface area contributed by atoms with Crippen molar-refractivity contribution in [2.45, 2.75) is 26.7 Å². The highest BCUT2D eigenvalue weighted by Crippen LogP contribution is 2.07. The summed E-state index contributed by atoms with van der Waals surface area (Å²) in [6.45, 7) is 6.93. The van der Waals surface area contributed by atoms with Crippen molar-refractivity contribution in [3.8, 4) is 0 Å². The molecule has 0 aliphatic heterocycles. The zero-order chi connectivity index (χ0) is 16.4. The number of rotatable bonds is 5. The van der Waals surface area contributed by atoms with Gasteiger partial charge in [0.05, 0.1) is 11.1 Å². The highest BCUT2D eigenvalue weighted by molar-refractivity contribution is 6.01. The van der Waals surface area contributed by atoms with Crippen LogP contribution in [0.5, 0.6) is 0 Å². The van der Waals surface area contributed by atoms with Crippen LogP contribution < -0.4 is 0 Å². The van der Waals surface area contributed by atoms with E-state index in [1.54, 1.807) is 0 Å². The Labute approximate surface area is 122 Å². The Hall–Kier alpha value is -2.63. The van der Waals surface area contributed by atoms with E-state index in [4.69, 9.17) is 10.2 Å². The van der Waals surface area contributed by atoms with Gasteiger partial charge in [0.2, 0.25) is 0 Å². The molecule has 1 aromatic carbocycles. The van der Waals surface area contributed by atoms with Gasteiger partial charge in [-0.15, -0.1) is 0 Å². The van der Waals surface area contributed by atoms with Crippen molar-refractivity contribution < 1.29 is 29.3 Å². The van der Waals surface area contributed by atoms with Gasteiger partial charge in [-0.05, 0) is 18.6 Å². The molecule has 0 aliphatic rings. The number of allylic oxidation sites excluding steroid dienone is 1. The average molecular weight is 294 g/mol. The van der Waals surface area contributed by atoms with Crippen LogP contribution in [0.4, 0.5) is 0 Å². The first-order chi connectivity index (χ1) is 9.79. The number of aromatic carboxylic acids is 2. The number of benzene rings is 1. The van der Waals surface area contributed by atoms with Crippen molar-refractivity contribution in [2.75, 3.05) is 0 Å². The molecule has 0 radical (unpaired) electrons. The van der Waals surface area contributed by atoms with Gasteiger partial charge in [0.15, 0.2) is 0 Å². The van der Waals surface area contributed by atoms with Gasteiger partial charge in [0, 0.05) is 13.3 Å². The summed E-state index contributed by atoms with van der Waals surface area (Å²) in [6, 6.07) is 5.48. The van der Waals surface area contributed by atoms with Crippen molar-refractivity contribution in [3.63, 3.8) is 0 Å². The quantitative estimate of drug-likeness (QED) is 0.639. The lowest BCUT2D eigenvalue weighted by Crippen LogP contribution is -2.06. The molecule has 0 spiro atoms. The van der Waals surface area contributed by atoms with Gasteiger partial charge in [-0.25, -0.2) is 9.59 Å². The summed E-state index contributed by atoms with van der Waals surface area (Å²) >= 11 is 0. The largest absolute Gasteiger partial charge is 0.478 e. The van der Waals surface area contributed by atoms with Crippen molar-refractivity contribution in [1.29, 1.82) is 0 Å².